The first-order valence-electron chi connectivity index (χ1n) is 7.36. The van der Waals surface area contributed by atoms with E-state index in [1.165, 1.54) is 12.8 Å². The van der Waals surface area contributed by atoms with E-state index in [1.54, 1.807) is 0 Å². The molecule has 20 heavy (non-hydrogen) atoms. The first-order chi connectivity index (χ1) is 9.60. The van der Waals surface area contributed by atoms with Gasteiger partial charge in [-0.05, 0) is 49.8 Å². The number of aryl methyl sites for hydroxylation is 1. The fourth-order valence-electron chi connectivity index (χ4n) is 2.20. The number of nitrogens with one attached hydrogen (secondary N) is 1. The second kappa shape index (κ2) is 6.75. The molecular formula is C16H24N2O2. The summed E-state index contributed by atoms with van der Waals surface area (Å²) >= 11 is 0. The van der Waals surface area contributed by atoms with Gasteiger partial charge in [0.15, 0.2) is 6.10 Å². The maximum atomic E-state index is 12.1. The first kappa shape index (κ1) is 14.9. The second-order valence-electron chi connectivity index (χ2n) is 5.58. The average Bonchev–Trinajstić information content (AvgIpc) is 3.26. The van der Waals surface area contributed by atoms with E-state index >= 15 is 0 Å². The van der Waals surface area contributed by atoms with Crippen LogP contribution < -0.4 is 15.8 Å². The van der Waals surface area contributed by atoms with Crippen molar-refractivity contribution in [1.29, 1.82) is 0 Å². The standard InChI is InChI=1S/C16H24N2O2/c1-3-15(20-13-6-4-5-11(2)9-13)16(19)18-10-14(17)12-7-8-12/h4-6,9,12,14-15H,3,7-8,10,17H2,1-2H3,(H,18,19). The van der Waals surface area contributed by atoms with Crippen LogP contribution in [-0.2, 0) is 4.79 Å². The average molecular weight is 276 g/mol. The largest absolute Gasteiger partial charge is 0.481 e. The van der Waals surface area contributed by atoms with Crippen LogP contribution in [0.5, 0.6) is 5.75 Å². The fraction of sp³-hybridized carbons (Fsp3) is 0.562. The van der Waals surface area contributed by atoms with Crippen molar-refractivity contribution in [2.45, 2.75) is 45.3 Å². The molecule has 1 aliphatic rings. The summed E-state index contributed by atoms with van der Waals surface area (Å²) in [4.78, 5) is 12.1. The minimum absolute atomic E-state index is 0.0786. The molecule has 0 bridgehead atoms. The molecule has 2 rings (SSSR count). The van der Waals surface area contributed by atoms with E-state index in [1.807, 2.05) is 38.1 Å². The molecule has 2 unspecified atom stereocenters. The molecule has 1 amide bonds. The molecule has 4 nitrogen and oxygen atoms in total. The summed E-state index contributed by atoms with van der Waals surface area (Å²) in [6.07, 6.45) is 2.56. The second-order valence-corrected chi connectivity index (χ2v) is 5.58. The zero-order chi connectivity index (χ0) is 14.5. The molecule has 0 saturated heterocycles. The maximum absolute atomic E-state index is 12.1. The van der Waals surface area contributed by atoms with Crippen LogP contribution in [0, 0.1) is 12.8 Å². The minimum atomic E-state index is -0.455. The monoisotopic (exact) mass is 276 g/mol. The van der Waals surface area contributed by atoms with Gasteiger partial charge >= 0.3 is 0 Å². The van der Waals surface area contributed by atoms with E-state index in [-0.39, 0.29) is 11.9 Å². The van der Waals surface area contributed by atoms with Gasteiger partial charge in [0.05, 0.1) is 0 Å². The van der Waals surface area contributed by atoms with Crippen molar-refractivity contribution in [3.63, 3.8) is 0 Å². The Morgan fingerprint density at radius 1 is 1.50 bits per heavy atom. The molecule has 1 aliphatic carbocycles. The van der Waals surface area contributed by atoms with E-state index in [2.05, 4.69) is 5.32 Å². The first-order valence-corrected chi connectivity index (χ1v) is 7.36. The summed E-state index contributed by atoms with van der Waals surface area (Å²) in [6, 6.07) is 7.82. The van der Waals surface area contributed by atoms with E-state index in [0.29, 0.717) is 18.9 Å². The number of amides is 1. The Kier molecular flexibility index (Phi) is 5.01. The fourth-order valence-corrected chi connectivity index (χ4v) is 2.20. The lowest BCUT2D eigenvalue weighted by molar-refractivity contribution is -0.128. The lowest BCUT2D eigenvalue weighted by Crippen LogP contribution is -2.44. The van der Waals surface area contributed by atoms with Crippen LogP contribution in [0.15, 0.2) is 24.3 Å². The van der Waals surface area contributed by atoms with Gasteiger partial charge in [0.1, 0.15) is 5.75 Å². The molecule has 1 aromatic carbocycles. The number of carbonyl (C=O) groups is 1. The van der Waals surface area contributed by atoms with Crippen LogP contribution in [0.2, 0.25) is 0 Å². The summed E-state index contributed by atoms with van der Waals surface area (Å²) in [7, 11) is 0. The Morgan fingerprint density at radius 3 is 2.85 bits per heavy atom. The van der Waals surface area contributed by atoms with Crippen LogP contribution in [0.3, 0.4) is 0 Å². The van der Waals surface area contributed by atoms with Crippen LogP contribution in [0.1, 0.15) is 31.7 Å². The van der Waals surface area contributed by atoms with Crippen LogP contribution in [0.4, 0.5) is 0 Å². The molecule has 1 saturated carbocycles. The van der Waals surface area contributed by atoms with Crippen molar-refractivity contribution >= 4 is 5.91 Å². The Labute approximate surface area is 120 Å². The quantitative estimate of drug-likeness (QED) is 0.800. The molecular weight excluding hydrogens is 252 g/mol. The van der Waals surface area contributed by atoms with Gasteiger partial charge in [0.2, 0.25) is 0 Å². The normalized spacial score (nSPS) is 17.4. The topological polar surface area (TPSA) is 64.3 Å². The molecule has 0 heterocycles. The third-order valence-electron chi connectivity index (χ3n) is 3.67. The summed E-state index contributed by atoms with van der Waals surface area (Å²) in [6.45, 7) is 4.49. The van der Waals surface area contributed by atoms with Gasteiger partial charge in [0.25, 0.3) is 5.91 Å². The van der Waals surface area contributed by atoms with Gasteiger partial charge in [0, 0.05) is 12.6 Å². The highest BCUT2D eigenvalue weighted by atomic mass is 16.5. The predicted molar refractivity (Wildman–Crippen MR) is 79.6 cm³/mol. The molecule has 1 fully saturated rings. The summed E-state index contributed by atoms with van der Waals surface area (Å²) < 4.78 is 5.76. The highest BCUT2D eigenvalue weighted by Crippen LogP contribution is 2.31. The number of carbonyl (C=O) groups excluding carboxylic acids is 1. The lowest BCUT2D eigenvalue weighted by atomic mass is 10.2. The third kappa shape index (κ3) is 4.23. The highest BCUT2D eigenvalue weighted by molar-refractivity contribution is 5.81. The molecule has 0 radical (unpaired) electrons. The number of benzene rings is 1. The molecule has 3 N–H and O–H groups in total. The summed E-state index contributed by atoms with van der Waals surface area (Å²) in [5.74, 6) is 1.25. The Morgan fingerprint density at radius 2 is 2.25 bits per heavy atom. The van der Waals surface area contributed by atoms with E-state index in [9.17, 15) is 4.79 Å². The van der Waals surface area contributed by atoms with Crippen molar-refractivity contribution in [3.05, 3.63) is 29.8 Å². The Balaban J connectivity index is 1.85. The minimum Gasteiger partial charge on any atom is -0.481 e. The predicted octanol–water partition coefficient (Wildman–Crippen LogP) is 2.01. The van der Waals surface area contributed by atoms with Crippen molar-refractivity contribution in [3.8, 4) is 5.75 Å². The molecule has 2 atom stereocenters. The van der Waals surface area contributed by atoms with E-state index in [4.69, 9.17) is 10.5 Å². The van der Waals surface area contributed by atoms with Crippen LogP contribution in [0.25, 0.3) is 0 Å². The smallest absolute Gasteiger partial charge is 0.261 e. The number of nitrogens with two attached hydrogens (primary N) is 1. The number of hydrogen-bond donors (Lipinski definition) is 2. The lowest BCUT2D eigenvalue weighted by Gasteiger charge is -2.19. The highest BCUT2D eigenvalue weighted by Gasteiger charge is 2.29. The van der Waals surface area contributed by atoms with Gasteiger partial charge < -0.3 is 15.8 Å². The Hall–Kier alpha value is -1.55. The summed E-state index contributed by atoms with van der Waals surface area (Å²) in [5, 5.41) is 2.90. The maximum Gasteiger partial charge on any atom is 0.261 e. The number of rotatable bonds is 7. The molecule has 0 spiro atoms. The zero-order valence-corrected chi connectivity index (χ0v) is 12.3. The van der Waals surface area contributed by atoms with E-state index in [0.717, 1.165) is 11.3 Å². The summed E-state index contributed by atoms with van der Waals surface area (Å²) in [5.41, 5.74) is 7.10. The van der Waals surface area contributed by atoms with Gasteiger partial charge in [-0.2, -0.15) is 0 Å². The number of hydrogen-bond acceptors (Lipinski definition) is 3. The van der Waals surface area contributed by atoms with Crippen LogP contribution >= 0.6 is 0 Å². The Bertz CT molecular complexity index is 458. The van der Waals surface area contributed by atoms with Crippen molar-refractivity contribution < 1.29 is 9.53 Å². The van der Waals surface area contributed by atoms with E-state index < -0.39 is 6.10 Å². The number of ether oxygens (including phenoxy) is 1. The zero-order valence-electron chi connectivity index (χ0n) is 12.3. The molecule has 0 aliphatic heterocycles. The van der Waals surface area contributed by atoms with Gasteiger partial charge in [-0.25, -0.2) is 0 Å². The molecule has 1 aromatic rings. The molecule has 0 aromatic heterocycles. The van der Waals surface area contributed by atoms with Crippen molar-refractivity contribution in [1.82, 2.24) is 5.32 Å². The molecule has 110 valence electrons. The molecule has 4 heteroatoms. The van der Waals surface area contributed by atoms with Gasteiger partial charge in [-0.3, -0.25) is 4.79 Å². The van der Waals surface area contributed by atoms with Crippen LogP contribution in [-0.4, -0.2) is 24.6 Å². The van der Waals surface area contributed by atoms with Gasteiger partial charge in [-0.15, -0.1) is 0 Å². The van der Waals surface area contributed by atoms with Crippen molar-refractivity contribution in [2.75, 3.05) is 6.54 Å². The van der Waals surface area contributed by atoms with Crippen molar-refractivity contribution in [2.24, 2.45) is 11.7 Å². The SMILES string of the molecule is CCC(Oc1cccc(C)c1)C(=O)NCC(N)C1CC1. The third-order valence-corrected chi connectivity index (χ3v) is 3.67. The van der Waals surface area contributed by atoms with Gasteiger partial charge in [-0.1, -0.05) is 19.1 Å².